The minimum atomic E-state index is 0.466. The summed E-state index contributed by atoms with van der Waals surface area (Å²) in [6, 6.07) is 0. The topological polar surface area (TPSA) is 9.23 Å². The van der Waals surface area contributed by atoms with E-state index in [0.717, 1.165) is 0 Å². The van der Waals surface area contributed by atoms with Crippen LogP contribution in [0.5, 0.6) is 0 Å². The smallest absolute Gasteiger partial charge is 0.112 e. The van der Waals surface area contributed by atoms with Crippen molar-refractivity contribution in [2.45, 2.75) is 18.3 Å². The molecule has 3 heteroatoms. The first-order chi connectivity index (χ1) is 3.93. The van der Waals surface area contributed by atoms with Gasteiger partial charge in [-0.05, 0) is 12.8 Å². The fraction of sp³-hybridized carbons (Fsp3) is 1.00. The van der Waals surface area contributed by atoms with Gasteiger partial charge in [-0.3, -0.25) is 0 Å². The fourth-order valence-corrected chi connectivity index (χ4v) is 3.13. The second kappa shape index (κ2) is 3.64. The van der Waals surface area contributed by atoms with Crippen molar-refractivity contribution in [3.8, 4) is 0 Å². The molecule has 0 aromatic rings. The van der Waals surface area contributed by atoms with Gasteiger partial charge in [0.15, 0.2) is 0 Å². The largest absolute Gasteiger partial charge is 0.370 e. The monoisotopic (exact) mass is 150 g/mol. The van der Waals surface area contributed by atoms with Crippen molar-refractivity contribution in [3.63, 3.8) is 0 Å². The fourth-order valence-electron chi connectivity index (χ4n) is 0.638. The van der Waals surface area contributed by atoms with E-state index in [1.54, 1.807) is 7.11 Å². The van der Waals surface area contributed by atoms with Crippen molar-refractivity contribution < 1.29 is 4.74 Å². The van der Waals surface area contributed by atoms with Crippen molar-refractivity contribution >= 4 is 21.6 Å². The molecular formula is C5H10OS2. The SMILES string of the molecule is COC1CCCSS1. The van der Waals surface area contributed by atoms with E-state index in [4.69, 9.17) is 4.74 Å². The van der Waals surface area contributed by atoms with Crippen LogP contribution in [0.4, 0.5) is 0 Å². The molecule has 0 amide bonds. The Hall–Kier alpha value is 0.660. The van der Waals surface area contributed by atoms with Crippen molar-refractivity contribution in [1.29, 1.82) is 0 Å². The number of hydrogen-bond donors (Lipinski definition) is 0. The molecule has 1 aliphatic heterocycles. The maximum atomic E-state index is 5.13. The minimum Gasteiger partial charge on any atom is -0.370 e. The molecule has 1 atom stereocenters. The molecule has 1 rings (SSSR count). The van der Waals surface area contributed by atoms with Crippen molar-refractivity contribution in [1.82, 2.24) is 0 Å². The molecule has 0 aromatic heterocycles. The summed E-state index contributed by atoms with van der Waals surface area (Å²) in [6.45, 7) is 0. The summed E-state index contributed by atoms with van der Waals surface area (Å²) < 4.78 is 5.13. The van der Waals surface area contributed by atoms with Gasteiger partial charge >= 0.3 is 0 Å². The standard InChI is InChI=1S/C5H10OS2/c1-6-5-3-2-4-7-8-5/h5H,2-4H2,1H3. The van der Waals surface area contributed by atoms with Crippen LogP contribution in [0.25, 0.3) is 0 Å². The highest BCUT2D eigenvalue weighted by Crippen LogP contribution is 2.35. The zero-order valence-corrected chi connectivity index (χ0v) is 6.56. The minimum absolute atomic E-state index is 0.466. The van der Waals surface area contributed by atoms with Gasteiger partial charge in [0, 0.05) is 12.9 Å². The predicted molar refractivity (Wildman–Crippen MR) is 40.1 cm³/mol. The van der Waals surface area contributed by atoms with E-state index in [1.165, 1.54) is 18.6 Å². The molecule has 1 fully saturated rings. The lowest BCUT2D eigenvalue weighted by Crippen LogP contribution is -2.07. The molecule has 0 aromatic carbocycles. The van der Waals surface area contributed by atoms with Gasteiger partial charge in [0.2, 0.25) is 0 Å². The molecule has 0 saturated carbocycles. The Balaban J connectivity index is 2.13. The van der Waals surface area contributed by atoms with Gasteiger partial charge in [-0.2, -0.15) is 0 Å². The van der Waals surface area contributed by atoms with Gasteiger partial charge in [-0.25, -0.2) is 0 Å². The summed E-state index contributed by atoms with van der Waals surface area (Å²) in [5.41, 5.74) is 0.466. The average molecular weight is 150 g/mol. The number of methoxy groups -OCH3 is 1. The maximum absolute atomic E-state index is 5.13. The van der Waals surface area contributed by atoms with Crippen molar-refractivity contribution in [2.75, 3.05) is 12.9 Å². The van der Waals surface area contributed by atoms with E-state index in [-0.39, 0.29) is 0 Å². The average Bonchev–Trinajstić information content (AvgIpc) is 1.90. The first-order valence-electron chi connectivity index (χ1n) is 2.74. The molecule has 1 nitrogen and oxygen atoms in total. The van der Waals surface area contributed by atoms with Gasteiger partial charge in [0.1, 0.15) is 5.44 Å². The lowest BCUT2D eigenvalue weighted by molar-refractivity contribution is 0.166. The summed E-state index contributed by atoms with van der Waals surface area (Å²) >= 11 is 0. The van der Waals surface area contributed by atoms with Gasteiger partial charge in [-0.15, -0.1) is 0 Å². The molecule has 0 radical (unpaired) electrons. The highest BCUT2D eigenvalue weighted by Gasteiger charge is 2.12. The maximum Gasteiger partial charge on any atom is 0.112 e. The summed E-state index contributed by atoms with van der Waals surface area (Å²) in [7, 11) is 5.56. The zero-order chi connectivity index (χ0) is 5.82. The van der Waals surface area contributed by atoms with Crippen LogP contribution in [-0.2, 0) is 4.74 Å². The predicted octanol–water partition coefficient (Wildman–Crippen LogP) is 2.13. The Morgan fingerprint density at radius 1 is 1.62 bits per heavy atom. The second-order valence-corrected chi connectivity index (χ2v) is 4.37. The van der Waals surface area contributed by atoms with Crippen LogP contribution in [0.1, 0.15) is 12.8 Å². The Morgan fingerprint density at radius 2 is 2.50 bits per heavy atom. The van der Waals surface area contributed by atoms with Crippen LogP contribution in [0.15, 0.2) is 0 Å². The van der Waals surface area contributed by atoms with Crippen molar-refractivity contribution in [3.05, 3.63) is 0 Å². The number of ether oxygens (including phenoxy) is 1. The number of rotatable bonds is 1. The van der Waals surface area contributed by atoms with Gasteiger partial charge in [0.25, 0.3) is 0 Å². The highest BCUT2D eigenvalue weighted by molar-refractivity contribution is 8.77. The van der Waals surface area contributed by atoms with E-state index in [0.29, 0.717) is 5.44 Å². The number of hydrogen-bond acceptors (Lipinski definition) is 3. The van der Waals surface area contributed by atoms with Crippen LogP contribution >= 0.6 is 21.6 Å². The third-order valence-corrected chi connectivity index (χ3v) is 3.89. The third kappa shape index (κ3) is 1.88. The summed E-state index contributed by atoms with van der Waals surface area (Å²) in [5.74, 6) is 1.30. The van der Waals surface area contributed by atoms with Crippen LogP contribution < -0.4 is 0 Å². The van der Waals surface area contributed by atoms with Gasteiger partial charge < -0.3 is 4.74 Å². The normalized spacial score (nSPS) is 30.4. The summed E-state index contributed by atoms with van der Waals surface area (Å²) in [5, 5.41) is 0. The Bertz CT molecular complexity index is 61.4. The molecule has 1 heterocycles. The molecule has 1 saturated heterocycles. The highest BCUT2D eigenvalue weighted by atomic mass is 33.1. The molecule has 1 aliphatic rings. The molecule has 1 unspecified atom stereocenters. The lowest BCUT2D eigenvalue weighted by atomic mass is 10.3. The Kier molecular flexibility index (Phi) is 3.08. The Morgan fingerprint density at radius 3 is 2.88 bits per heavy atom. The van der Waals surface area contributed by atoms with Crippen LogP contribution in [0.3, 0.4) is 0 Å². The van der Waals surface area contributed by atoms with Gasteiger partial charge in [0.05, 0.1) is 0 Å². The zero-order valence-electron chi connectivity index (χ0n) is 4.92. The van der Waals surface area contributed by atoms with E-state index in [2.05, 4.69) is 0 Å². The lowest BCUT2D eigenvalue weighted by Gasteiger charge is -2.17. The summed E-state index contributed by atoms with van der Waals surface area (Å²) in [4.78, 5) is 0. The molecule has 8 heavy (non-hydrogen) atoms. The van der Waals surface area contributed by atoms with E-state index in [9.17, 15) is 0 Å². The van der Waals surface area contributed by atoms with Crippen LogP contribution in [0.2, 0.25) is 0 Å². The third-order valence-electron chi connectivity index (χ3n) is 1.11. The molecule has 0 spiro atoms. The van der Waals surface area contributed by atoms with E-state index < -0.39 is 0 Å². The quantitative estimate of drug-likeness (QED) is 0.530. The molecule has 0 bridgehead atoms. The van der Waals surface area contributed by atoms with Crippen LogP contribution in [0, 0.1) is 0 Å². The second-order valence-electron chi connectivity index (χ2n) is 1.73. The first-order valence-corrected chi connectivity index (χ1v) is 5.13. The Labute approximate surface area is 58.0 Å². The molecule has 0 N–H and O–H groups in total. The molecule has 48 valence electrons. The van der Waals surface area contributed by atoms with Crippen molar-refractivity contribution in [2.24, 2.45) is 0 Å². The van der Waals surface area contributed by atoms with E-state index in [1.807, 2.05) is 21.6 Å². The first kappa shape index (κ1) is 6.78. The summed E-state index contributed by atoms with van der Waals surface area (Å²) in [6.07, 6.45) is 2.55. The van der Waals surface area contributed by atoms with Crippen LogP contribution in [-0.4, -0.2) is 18.3 Å². The van der Waals surface area contributed by atoms with E-state index >= 15 is 0 Å². The van der Waals surface area contributed by atoms with Gasteiger partial charge in [-0.1, -0.05) is 21.6 Å². The molecule has 0 aliphatic carbocycles. The molecular weight excluding hydrogens is 140 g/mol.